The van der Waals surface area contributed by atoms with Crippen LogP contribution in [0.2, 0.25) is 0 Å². The van der Waals surface area contributed by atoms with Crippen molar-refractivity contribution in [2.24, 2.45) is 0 Å². The maximum absolute atomic E-state index is 2.47. The smallest absolute Gasteiger partial charge is 0.0213 e. The van der Waals surface area contributed by atoms with Gasteiger partial charge < -0.3 is 0 Å². The fraction of sp³-hybridized carbons (Fsp3) is 0.667. The van der Waals surface area contributed by atoms with Crippen molar-refractivity contribution in [3.05, 3.63) is 68.8 Å². The molecule has 0 atom stereocenters. The van der Waals surface area contributed by atoms with Crippen LogP contribution in [0.15, 0.2) is 24.3 Å². The molecule has 2 aromatic carbocycles. The molecular weight excluding hydrogens is 432 g/mol. The van der Waals surface area contributed by atoms with E-state index in [1.165, 1.54) is 33.4 Å². The lowest BCUT2D eigenvalue weighted by molar-refractivity contribution is 0.721. The van der Waals surface area contributed by atoms with Crippen LogP contribution in [0.5, 0.6) is 0 Å². The molecule has 0 N–H and O–H groups in total. The summed E-state index contributed by atoms with van der Waals surface area (Å²) in [5.41, 5.74) is 12.4. The van der Waals surface area contributed by atoms with E-state index in [1.807, 2.05) is 0 Å². The summed E-state index contributed by atoms with van der Waals surface area (Å²) in [5, 5.41) is 0. The topological polar surface area (TPSA) is 0 Å². The van der Waals surface area contributed by atoms with Crippen LogP contribution >= 0.6 is 0 Å². The Bertz CT molecular complexity index is 819. The van der Waals surface area contributed by atoms with Crippen LogP contribution in [0.25, 0.3) is 0 Å². The Hall–Kier alpha value is -1.56. The lowest BCUT2D eigenvalue weighted by Crippen LogP contribution is -2.09. The highest BCUT2D eigenvalue weighted by molar-refractivity contribution is 5.47. The summed E-state index contributed by atoms with van der Waals surface area (Å²) in [6.07, 6.45) is 0. The molecule has 0 bridgehead atoms. The van der Waals surface area contributed by atoms with E-state index >= 15 is 0 Å². The van der Waals surface area contributed by atoms with Gasteiger partial charge in [0.15, 0.2) is 0 Å². The molecule has 0 amide bonds. The molecule has 0 heterocycles. The van der Waals surface area contributed by atoms with Crippen LogP contribution in [0.3, 0.4) is 0 Å². The van der Waals surface area contributed by atoms with Crippen molar-refractivity contribution in [3.8, 4) is 0 Å². The third kappa shape index (κ3) is 7.97. The number of hydrogen-bond donors (Lipinski definition) is 0. The summed E-state index contributed by atoms with van der Waals surface area (Å²) in [4.78, 5) is 0. The number of benzene rings is 2. The van der Waals surface area contributed by atoms with Crippen molar-refractivity contribution >= 4 is 0 Å². The van der Waals surface area contributed by atoms with Crippen molar-refractivity contribution in [1.82, 2.24) is 0 Å². The van der Waals surface area contributed by atoms with Gasteiger partial charge in [0.2, 0.25) is 0 Å². The Morgan fingerprint density at radius 3 is 0.611 bits per heavy atom. The zero-order valence-electron chi connectivity index (χ0n) is 26.9. The molecule has 0 unspecified atom stereocenters. The monoisotopic (exact) mass is 492 g/mol. The Balaban J connectivity index is 0.000000360. The zero-order valence-corrected chi connectivity index (χ0v) is 26.9. The third-order valence-electron chi connectivity index (χ3n) is 7.53. The molecule has 0 fully saturated rings. The van der Waals surface area contributed by atoms with Gasteiger partial charge in [0.05, 0.1) is 0 Å². The average molecular weight is 493 g/mol. The predicted octanol–water partition coefficient (Wildman–Crippen LogP) is 12.4. The van der Waals surface area contributed by atoms with E-state index in [-0.39, 0.29) is 0 Å². The van der Waals surface area contributed by atoms with Gasteiger partial charge in [0.25, 0.3) is 0 Å². The highest BCUT2D eigenvalue weighted by Gasteiger charge is 2.21. The molecule has 204 valence electrons. The Labute approximate surface area is 226 Å². The highest BCUT2D eigenvalue weighted by atomic mass is 14.3. The van der Waals surface area contributed by atoms with E-state index < -0.39 is 0 Å². The fourth-order valence-corrected chi connectivity index (χ4v) is 5.63. The minimum Gasteiger partial charge on any atom is -0.0587 e. The van der Waals surface area contributed by atoms with Gasteiger partial charge >= 0.3 is 0 Å². The van der Waals surface area contributed by atoms with Crippen molar-refractivity contribution in [3.63, 3.8) is 0 Å². The first-order valence-corrected chi connectivity index (χ1v) is 14.9. The van der Waals surface area contributed by atoms with Crippen LogP contribution < -0.4 is 0 Å². The quantitative estimate of drug-likeness (QED) is 0.343. The molecule has 0 heteroatoms. The second-order valence-corrected chi connectivity index (χ2v) is 13.4. The van der Waals surface area contributed by atoms with Crippen molar-refractivity contribution in [2.45, 2.75) is 158 Å². The second-order valence-electron chi connectivity index (χ2n) is 13.4. The largest absolute Gasteiger partial charge is 0.0587 e. The Morgan fingerprint density at radius 2 is 0.472 bits per heavy atom. The third-order valence-corrected chi connectivity index (χ3v) is 7.53. The van der Waals surface area contributed by atoms with E-state index in [9.17, 15) is 0 Å². The Kier molecular flexibility index (Phi) is 12.5. The molecule has 0 aliphatic carbocycles. The van der Waals surface area contributed by atoms with Crippen molar-refractivity contribution in [1.29, 1.82) is 0 Å². The van der Waals surface area contributed by atoms with Gasteiger partial charge in [0.1, 0.15) is 0 Å². The lowest BCUT2D eigenvalue weighted by Gasteiger charge is -2.27. The summed E-state index contributed by atoms with van der Waals surface area (Å²) >= 11 is 0. The van der Waals surface area contributed by atoms with E-state index in [1.54, 1.807) is 11.1 Å². The van der Waals surface area contributed by atoms with Crippen LogP contribution in [-0.2, 0) is 0 Å². The Morgan fingerprint density at radius 1 is 0.278 bits per heavy atom. The summed E-state index contributed by atoms with van der Waals surface area (Å²) < 4.78 is 0. The van der Waals surface area contributed by atoms with Gasteiger partial charge in [-0.05, 0) is 91.9 Å². The molecule has 0 radical (unpaired) electrons. The van der Waals surface area contributed by atoms with Crippen molar-refractivity contribution < 1.29 is 0 Å². The minimum atomic E-state index is 0.610. The van der Waals surface area contributed by atoms with Crippen LogP contribution in [0.4, 0.5) is 0 Å². The maximum atomic E-state index is 2.47. The summed E-state index contributed by atoms with van der Waals surface area (Å²) in [7, 11) is 0. The molecule has 36 heavy (non-hydrogen) atoms. The SMILES string of the molecule is CC(C)c1cc(C(C)C)c(C(C)C)cc1C(C)C.CC(C)c1ccc(C(C)C)c(C(C)C)c1C(C)C. The van der Waals surface area contributed by atoms with E-state index in [0.717, 1.165) is 0 Å². The summed E-state index contributed by atoms with van der Waals surface area (Å²) in [6, 6.07) is 9.67. The van der Waals surface area contributed by atoms with Gasteiger partial charge in [-0.2, -0.15) is 0 Å². The predicted molar refractivity (Wildman–Crippen MR) is 166 cm³/mol. The molecule has 0 saturated carbocycles. The van der Waals surface area contributed by atoms with Gasteiger partial charge in [-0.15, -0.1) is 0 Å². The van der Waals surface area contributed by atoms with Gasteiger partial charge in [-0.3, -0.25) is 0 Å². The first-order valence-electron chi connectivity index (χ1n) is 14.9. The zero-order chi connectivity index (χ0) is 28.1. The molecule has 2 aromatic rings. The normalized spacial score (nSPS) is 12.2. The number of rotatable bonds is 8. The average Bonchev–Trinajstić information content (AvgIpc) is 2.76. The fourth-order valence-electron chi connectivity index (χ4n) is 5.63. The molecule has 0 aromatic heterocycles. The lowest BCUT2D eigenvalue weighted by atomic mass is 9.78. The molecule has 0 aliphatic rings. The van der Waals surface area contributed by atoms with Crippen LogP contribution in [0, 0.1) is 0 Å². The molecule has 0 spiro atoms. The molecule has 0 aliphatic heterocycles. The van der Waals surface area contributed by atoms with Crippen LogP contribution in [0.1, 0.15) is 203 Å². The summed E-state index contributed by atoms with van der Waals surface area (Å²) in [6.45, 7) is 37.0. The van der Waals surface area contributed by atoms with Gasteiger partial charge in [0, 0.05) is 0 Å². The molecular formula is C36H60. The summed E-state index contributed by atoms with van der Waals surface area (Å²) in [5.74, 6) is 4.89. The van der Waals surface area contributed by atoms with E-state index in [4.69, 9.17) is 0 Å². The minimum absolute atomic E-state index is 0.610. The van der Waals surface area contributed by atoms with E-state index in [2.05, 4.69) is 135 Å². The maximum Gasteiger partial charge on any atom is -0.0213 e. The van der Waals surface area contributed by atoms with Gasteiger partial charge in [-0.25, -0.2) is 0 Å². The van der Waals surface area contributed by atoms with Gasteiger partial charge in [-0.1, -0.05) is 135 Å². The second kappa shape index (κ2) is 13.8. The number of hydrogen-bond acceptors (Lipinski definition) is 0. The first kappa shape index (κ1) is 32.5. The first-order chi connectivity index (χ1) is 16.5. The van der Waals surface area contributed by atoms with Crippen LogP contribution in [-0.4, -0.2) is 0 Å². The molecule has 0 nitrogen and oxygen atoms in total. The van der Waals surface area contributed by atoms with E-state index in [0.29, 0.717) is 47.3 Å². The standard InChI is InChI=1S/2C18H30/c1-11(2)15-9-17(13(5)6)18(14(7)8)10-16(15)12(3)4;1-11(2)15-9-10-16(12(3)4)18(14(7)8)17(15)13(5)6/h2*9-14H,1-8H3. The van der Waals surface area contributed by atoms with Crippen molar-refractivity contribution in [2.75, 3.05) is 0 Å². The highest BCUT2D eigenvalue weighted by Crippen LogP contribution is 2.38. The molecule has 2 rings (SSSR count). The molecule has 0 saturated heterocycles.